The summed E-state index contributed by atoms with van der Waals surface area (Å²) < 4.78 is 6.12. The van der Waals surface area contributed by atoms with Crippen molar-refractivity contribution in [3.05, 3.63) is 41.5 Å². The number of nitrogens with two attached hydrogens (primary N) is 1. The molecule has 168 valence electrons. The summed E-state index contributed by atoms with van der Waals surface area (Å²) in [7, 11) is 2.03. The lowest BCUT2D eigenvalue weighted by Crippen LogP contribution is -2.34. The zero-order chi connectivity index (χ0) is 22.5. The molecule has 1 saturated carbocycles. The van der Waals surface area contributed by atoms with Crippen molar-refractivity contribution in [3.8, 4) is 5.82 Å². The first-order valence-electron chi connectivity index (χ1n) is 10.5. The van der Waals surface area contributed by atoms with Crippen LogP contribution in [0.25, 0.3) is 5.82 Å². The number of carbonyl (C=O) groups excluding carboxylic acids is 1. The Bertz CT molecular complexity index is 1090. The number of aromatic nitrogens is 6. The number of hydrazone groups is 1. The summed E-state index contributed by atoms with van der Waals surface area (Å²) in [5.41, 5.74) is 10.3. The Balaban J connectivity index is 1.60. The van der Waals surface area contributed by atoms with Gasteiger partial charge in [-0.3, -0.25) is 14.7 Å². The van der Waals surface area contributed by atoms with Crippen LogP contribution in [0, 0.1) is 0 Å². The van der Waals surface area contributed by atoms with Gasteiger partial charge in [0.15, 0.2) is 5.69 Å². The molecule has 1 aliphatic carbocycles. The summed E-state index contributed by atoms with van der Waals surface area (Å²) in [4.78, 5) is 19.4. The predicted molar refractivity (Wildman–Crippen MR) is 116 cm³/mol. The van der Waals surface area contributed by atoms with E-state index in [0.29, 0.717) is 29.7 Å². The Labute approximate surface area is 184 Å². The van der Waals surface area contributed by atoms with E-state index in [-0.39, 0.29) is 17.3 Å². The molecule has 3 N–H and O–H groups in total. The number of nitrogens with zero attached hydrogens (tertiary/aromatic N) is 8. The largest absolute Gasteiger partial charge is 0.378 e. The molecule has 32 heavy (non-hydrogen) atoms. The average molecular weight is 438 g/mol. The van der Waals surface area contributed by atoms with Crippen molar-refractivity contribution >= 4 is 17.4 Å². The molecular formula is C20H26N10O2. The molecule has 0 saturated heterocycles. The molecule has 12 heteroatoms. The fourth-order valence-corrected chi connectivity index (χ4v) is 3.84. The second-order valence-electron chi connectivity index (χ2n) is 7.83. The Kier molecular flexibility index (Phi) is 6.50. The van der Waals surface area contributed by atoms with Gasteiger partial charge >= 0.3 is 0 Å². The van der Waals surface area contributed by atoms with Crippen LogP contribution in [0.2, 0.25) is 0 Å². The third-order valence-corrected chi connectivity index (χ3v) is 5.63. The second-order valence-corrected chi connectivity index (χ2v) is 7.83. The van der Waals surface area contributed by atoms with Crippen LogP contribution in [0.5, 0.6) is 0 Å². The second kappa shape index (κ2) is 9.64. The van der Waals surface area contributed by atoms with Crippen LogP contribution in [0.15, 0.2) is 34.1 Å². The van der Waals surface area contributed by atoms with E-state index in [1.807, 2.05) is 25.2 Å². The van der Waals surface area contributed by atoms with Crippen molar-refractivity contribution in [2.75, 3.05) is 12.8 Å². The van der Waals surface area contributed by atoms with Crippen molar-refractivity contribution in [2.24, 2.45) is 5.10 Å². The molecule has 0 aliphatic heterocycles. The molecule has 0 unspecified atom stereocenters. The number of carbonyl (C=O) groups is 1. The zero-order valence-corrected chi connectivity index (χ0v) is 18.1. The molecule has 0 radical (unpaired) electrons. The number of nitrogens with one attached hydrogen (secondary N) is 1. The van der Waals surface area contributed by atoms with Gasteiger partial charge in [0.25, 0.3) is 5.91 Å². The average Bonchev–Trinajstić information content (AvgIpc) is 3.44. The number of anilines is 1. The van der Waals surface area contributed by atoms with Gasteiger partial charge in [-0.05, 0) is 49.3 Å². The Morgan fingerprint density at radius 3 is 2.81 bits per heavy atom. The SMILES string of the molecule is CC(=NNC(=O)c1nnn(-c2nonc2N)c1CN(C)C1CCCCC1)c1ccccn1. The van der Waals surface area contributed by atoms with Crippen LogP contribution in [0.4, 0.5) is 5.82 Å². The fraction of sp³-hybridized carbons (Fsp3) is 0.450. The van der Waals surface area contributed by atoms with Gasteiger partial charge < -0.3 is 5.73 Å². The Morgan fingerprint density at radius 1 is 1.31 bits per heavy atom. The topological polar surface area (TPSA) is 153 Å². The van der Waals surface area contributed by atoms with Crippen LogP contribution in [0.3, 0.4) is 0 Å². The normalized spacial score (nSPS) is 15.3. The molecule has 0 bridgehead atoms. The predicted octanol–water partition coefficient (Wildman–Crippen LogP) is 1.55. The van der Waals surface area contributed by atoms with Gasteiger partial charge in [-0.15, -0.1) is 5.10 Å². The van der Waals surface area contributed by atoms with Crippen molar-refractivity contribution in [1.82, 2.24) is 40.6 Å². The molecule has 1 aliphatic rings. The summed E-state index contributed by atoms with van der Waals surface area (Å²) in [5.74, 6) is -0.238. The van der Waals surface area contributed by atoms with Crippen molar-refractivity contribution < 1.29 is 9.42 Å². The quantitative estimate of drug-likeness (QED) is 0.413. The lowest BCUT2D eigenvalue weighted by atomic mass is 9.94. The molecule has 3 aromatic rings. The van der Waals surface area contributed by atoms with Crippen molar-refractivity contribution in [2.45, 2.75) is 51.6 Å². The number of nitrogen functional groups attached to an aromatic ring is 1. The van der Waals surface area contributed by atoms with E-state index in [0.717, 1.165) is 12.8 Å². The summed E-state index contributed by atoms with van der Waals surface area (Å²) in [6, 6.07) is 5.89. The zero-order valence-electron chi connectivity index (χ0n) is 18.1. The highest BCUT2D eigenvalue weighted by Crippen LogP contribution is 2.24. The maximum atomic E-state index is 13.0. The van der Waals surface area contributed by atoms with Gasteiger partial charge in [0.1, 0.15) is 0 Å². The summed E-state index contributed by atoms with van der Waals surface area (Å²) >= 11 is 0. The van der Waals surface area contributed by atoms with Crippen LogP contribution in [0.1, 0.15) is 60.9 Å². The van der Waals surface area contributed by atoms with Gasteiger partial charge in [-0.25, -0.2) is 10.1 Å². The molecule has 0 spiro atoms. The van der Waals surface area contributed by atoms with E-state index >= 15 is 0 Å². The van der Waals surface area contributed by atoms with E-state index in [4.69, 9.17) is 10.4 Å². The summed E-state index contributed by atoms with van der Waals surface area (Å²) in [6.45, 7) is 2.19. The molecular weight excluding hydrogens is 412 g/mol. The van der Waals surface area contributed by atoms with Crippen molar-refractivity contribution in [3.63, 3.8) is 0 Å². The Morgan fingerprint density at radius 2 is 2.12 bits per heavy atom. The number of hydrogen-bond donors (Lipinski definition) is 2. The van der Waals surface area contributed by atoms with Crippen LogP contribution in [-0.2, 0) is 6.54 Å². The highest BCUT2D eigenvalue weighted by molar-refractivity contribution is 5.99. The van der Waals surface area contributed by atoms with E-state index in [2.05, 4.69) is 41.0 Å². The molecule has 0 atom stereocenters. The molecule has 4 rings (SSSR count). The monoisotopic (exact) mass is 438 g/mol. The van der Waals surface area contributed by atoms with Crippen LogP contribution < -0.4 is 11.2 Å². The van der Waals surface area contributed by atoms with E-state index in [9.17, 15) is 4.79 Å². The number of rotatable bonds is 7. The van der Waals surface area contributed by atoms with Gasteiger partial charge in [-0.1, -0.05) is 30.5 Å². The number of pyridine rings is 1. The maximum absolute atomic E-state index is 13.0. The van der Waals surface area contributed by atoms with Gasteiger partial charge in [-0.2, -0.15) is 9.78 Å². The first-order valence-corrected chi connectivity index (χ1v) is 10.5. The minimum Gasteiger partial charge on any atom is -0.378 e. The van der Waals surface area contributed by atoms with Crippen LogP contribution >= 0.6 is 0 Å². The minimum atomic E-state index is -0.492. The smallest absolute Gasteiger partial charge is 0.293 e. The summed E-state index contributed by atoms with van der Waals surface area (Å²) in [6.07, 6.45) is 7.54. The van der Waals surface area contributed by atoms with Gasteiger partial charge in [0.2, 0.25) is 11.6 Å². The number of amides is 1. The minimum absolute atomic E-state index is 0.0624. The van der Waals surface area contributed by atoms with Gasteiger partial charge in [0, 0.05) is 18.8 Å². The van der Waals surface area contributed by atoms with E-state index in [1.165, 1.54) is 23.9 Å². The first kappa shape index (κ1) is 21.6. The molecule has 3 aromatic heterocycles. The van der Waals surface area contributed by atoms with Gasteiger partial charge in [0.05, 0.1) is 17.1 Å². The molecule has 12 nitrogen and oxygen atoms in total. The summed E-state index contributed by atoms with van der Waals surface area (Å²) in [5, 5.41) is 19.8. The fourth-order valence-electron chi connectivity index (χ4n) is 3.84. The van der Waals surface area contributed by atoms with Crippen molar-refractivity contribution in [1.29, 1.82) is 0 Å². The standard InChI is InChI=1S/C20H26N10O2/c1-13(15-10-6-7-11-22-15)23-25-20(31)17-16(12-29(2)14-8-4-3-5-9-14)30(28-24-17)19-18(21)26-32-27-19/h6-7,10-11,14H,3-5,8-9,12H2,1-2H3,(H2,21,26)(H,25,31). The van der Waals surface area contributed by atoms with Crippen LogP contribution in [-0.4, -0.2) is 59.9 Å². The molecule has 3 heterocycles. The maximum Gasteiger partial charge on any atom is 0.293 e. The lowest BCUT2D eigenvalue weighted by molar-refractivity contribution is 0.0946. The molecule has 1 fully saturated rings. The number of hydrogen-bond acceptors (Lipinski definition) is 10. The first-order chi connectivity index (χ1) is 15.5. The van der Waals surface area contributed by atoms with E-state index in [1.54, 1.807) is 13.1 Å². The third-order valence-electron chi connectivity index (χ3n) is 5.63. The lowest BCUT2D eigenvalue weighted by Gasteiger charge is -2.31. The molecule has 0 aromatic carbocycles. The highest BCUT2D eigenvalue weighted by Gasteiger charge is 2.27. The molecule has 1 amide bonds. The highest BCUT2D eigenvalue weighted by atomic mass is 16.6. The third kappa shape index (κ3) is 4.64. The van der Waals surface area contributed by atoms with E-state index < -0.39 is 5.91 Å². The Hall–Kier alpha value is -3.67.